The molecular weight excluding hydrogens is 452 g/mol. The zero-order chi connectivity index (χ0) is 26.0. The average Bonchev–Trinajstić information content (AvgIpc) is 3.30. The van der Waals surface area contributed by atoms with E-state index in [1.54, 1.807) is 7.11 Å². The van der Waals surface area contributed by atoms with Crippen LogP contribution in [0.4, 0.5) is 0 Å². The van der Waals surface area contributed by atoms with Crippen LogP contribution in [0.15, 0.2) is 53.3 Å². The number of H-pyrrole nitrogens is 1. The molecule has 1 atom stereocenters. The number of nitrogens with one attached hydrogen (secondary N) is 1. The topological polar surface area (TPSA) is 88.9 Å². The number of benzene rings is 2. The monoisotopic (exact) mass is 488 g/mol. The van der Waals surface area contributed by atoms with Crippen molar-refractivity contribution in [2.75, 3.05) is 7.11 Å². The Labute approximate surface area is 212 Å². The summed E-state index contributed by atoms with van der Waals surface area (Å²) < 4.78 is 7.55. The third kappa shape index (κ3) is 5.18. The molecule has 8 nitrogen and oxygen atoms in total. The second-order valence-electron chi connectivity index (χ2n) is 10.7. The number of aryl methyl sites for hydroxylation is 1. The molecule has 36 heavy (non-hydrogen) atoms. The summed E-state index contributed by atoms with van der Waals surface area (Å²) in [7, 11) is 1.68. The summed E-state index contributed by atoms with van der Waals surface area (Å²) >= 11 is 0. The number of tetrazole rings is 1. The summed E-state index contributed by atoms with van der Waals surface area (Å²) in [5.41, 5.74) is 3.28. The lowest BCUT2D eigenvalue weighted by molar-refractivity contribution is 0.118. The van der Waals surface area contributed by atoms with Gasteiger partial charge in [-0.25, -0.2) is 4.68 Å². The van der Waals surface area contributed by atoms with Gasteiger partial charge in [0.1, 0.15) is 5.75 Å². The van der Waals surface area contributed by atoms with Crippen LogP contribution in [0.3, 0.4) is 0 Å². The van der Waals surface area contributed by atoms with Gasteiger partial charge in [0.2, 0.25) is 0 Å². The summed E-state index contributed by atoms with van der Waals surface area (Å²) in [5.74, 6) is 1.76. The molecule has 0 amide bonds. The maximum absolute atomic E-state index is 13.2. The zero-order valence-corrected chi connectivity index (χ0v) is 22.2. The Kier molecular flexibility index (Phi) is 7.26. The minimum absolute atomic E-state index is 0.0836. The summed E-state index contributed by atoms with van der Waals surface area (Å²) in [6, 6.07) is 15.9. The van der Waals surface area contributed by atoms with Crippen molar-refractivity contribution in [3.63, 3.8) is 0 Å². The first-order chi connectivity index (χ1) is 17.1. The Morgan fingerprint density at radius 2 is 1.78 bits per heavy atom. The van der Waals surface area contributed by atoms with Crippen LogP contribution >= 0.6 is 0 Å². The van der Waals surface area contributed by atoms with E-state index in [9.17, 15) is 4.79 Å². The van der Waals surface area contributed by atoms with E-state index >= 15 is 0 Å². The van der Waals surface area contributed by atoms with Crippen molar-refractivity contribution in [2.45, 2.75) is 66.2 Å². The molecule has 0 radical (unpaired) electrons. The van der Waals surface area contributed by atoms with Crippen molar-refractivity contribution < 1.29 is 4.74 Å². The van der Waals surface area contributed by atoms with Crippen LogP contribution in [0.25, 0.3) is 10.9 Å². The average molecular weight is 489 g/mol. The molecule has 0 saturated carbocycles. The van der Waals surface area contributed by atoms with Crippen molar-refractivity contribution in [2.24, 2.45) is 5.92 Å². The minimum Gasteiger partial charge on any atom is -0.496 e. The maximum Gasteiger partial charge on any atom is 0.252 e. The number of aromatic nitrogens is 5. The van der Waals surface area contributed by atoms with E-state index in [1.165, 1.54) is 0 Å². The van der Waals surface area contributed by atoms with Gasteiger partial charge in [0.15, 0.2) is 5.82 Å². The Morgan fingerprint density at radius 1 is 1.06 bits per heavy atom. The molecule has 2 aromatic carbocycles. The van der Waals surface area contributed by atoms with Gasteiger partial charge < -0.3 is 9.72 Å². The van der Waals surface area contributed by atoms with Crippen LogP contribution in [0.2, 0.25) is 0 Å². The van der Waals surface area contributed by atoms with Gasteiger partial charge in [-0.2, -0.15) is 0 Å². The third-order valence-electron chi connectivity index (χ3n) is 6.52. The Morgan fingerprint density at radius 3 is 2.47 bits per heavy atom. The molecule has 8 heteroatoms. The zero-order valence-electron chi connectivity index (χ0n) is 22.2. The normalized spacial score (nSPS) is 13.0. The number of methoxy groups -OCH3 is 1. The molecule has 4 aromatic rings. The molecule has 1 N–H and O–H groups in total. The lowest BCUT2D eigenvalue weighted by Crippen LogP contribution is -2.37. The summed E-state index contributed by atoms with van der Waals surface area (Å²) in [6.07, 6.45) is 0. The molecule has 4 rings (SSSR count). The first-order valence-electron chi connectivity index (χ1n) is 12.4. The SMILES string of the molecule is COc1ccccc1CN(Cc1cc2cccc(C)c2[nH]c1=O)[C@H](c1nnnn1C(C)(C)C)C(C)C. The van der Waals surface area contributed by atoms with Crippen LogP contribution < -0.4 is 10.3 Å². The van der Waals surface area contributed by atoms with E-state index in [-0.39, 0.29) is 23.1 Å². The molecule has 2 heterocycles. The smallest absolute Gasteiger partial charge is 0.252 e. The number of para-hydroxylation sites is 2. The van der Waals surface area contributed by atoms with Crippen molar-refractivity contribution in [1.29, 1.82) is 0 Å². The molecule has 190 valence electrons. The second kappa shape index (κ2) is 10.2. The Balaban J connectivity index is 1.84. The Hall–Kier alpha value is -3.52. The van der Waals surface area contributed by atoms with Crippen LogP contribution in [-0.4, -0.2) is 37.2 Å². The van der Waals surface area contributed by atoms with Crippen molar-refractivity contribution in [3.8, 4) is 5.75 Å². The first kappa shape index (κ1) is 25.6. The number of aromatic amines is 1. The molecule has 0 aliphatic rings. The van der Waals surface area contributed by atoms with Crippen LogP contribution in [0.5, 0.6) is 5.75 Å². The van der Waals surface area contributed by atoms with E-state index in [0.29, 0.717) is 18.7 Å². The molecule has 0 spiro atoms. The molecule has 0 saturated heterocycles. The summed E-state index contributed by atoms with van der Waals surface area (Å²) in [5, 5.41) is 13.9. The third-order valence-corrected chi connectivity index (χ3v) is 6.52. The maximum atomic E-state index is 13.2. The van der Waals surface area contributed by atoms with Crippen molar-refractivity contribution in [1.82, 2.24) is 30.1 Å². The largest absolute Gasteiger partial charge is 0.496 e. The van der Waals surface area contributed by atoms with Gasteiger partial charge in [-0.3, -0.25) is 9.69 Å². The van der Waals surface area contributed by atoms with Gasteiger partial charge >= 0.3 is 0 Å². The molecule has 0 aliphatic heterocycles. The van der Waals surface area contributed by atoms with Crippen LogP contribution in [0.1, 0.15) is 63.2 Å². The van der Waals surface area contributed by atoms with E-state index in [2.05, 4.69) is 66.1 Å². The van der Waals surface area contributed by atoms with Gasteiger partial charge in [-0.05, 0) is 67.1 Å². The standard InChI is InChI=1S/C28H36N6O2/c1-18(2)25(26-30-31-32-34(26)28(4,5)6)33(16-21-12-8-9-14-23(21)36-7)17-22-15-20-13-10-11-19(3)24(20)29-27(22)35/h8-15,18,25H,16-17H2,1-7H3,(H,29,35)/t25-/m0/s1. The number of pyridine rings is 1. The predicted octanol–water partition coefficient (Wildman–Crippen LogP) is 4.99. The van der Waals surface area contributed by atoms with E-state index in [1.807, 2.05) is 54.1 Å². The second-order valence-corrected chi connectivity index (χ2v) is 10.7. The van der Waals surface area contributed by atoms with Crippen molar-refractivity contribution >= 4 is 10.9 Å². The highest BCUT2D eigenvalue weighted by atomic mass is 16.5. The fourth-order valence-corrected chi connectivity index (χ4v) is 4.81. The van der Waals surface area contributed by atoms with Gasteiger partial charge in [0.25, 0.3) is 5.56 Å². The van der Waals surface area contributed by atoms with Gasteiger partial charge in [0, 0.05) is 24.2 Å². The molecule has 0 aliphatic carbocycles. The highest BCUT2D eigenvalue weighted by molar-refractivity contribution is 5.81. The minimum atomic E-state index is -0.292. The highest BCUT2D eigenvalue weighted by Gasteiger charge is 2.33. The lowest BCUT2D eigenvalue weighted by atomic mass is 9.98. The summed E-state index contributed by atoms with van der Waals surface area (Å²) in [4.78, 5) is 18.6. The number of ether oxygens (including phenoxy) is 1. The number of fused-ring (bicyclic) bond motifs is 1. The quantitative estimate of drug-likeness (QED) is 0.376. The molecular formula is C28H36N6O2. The van der Waals surface area contributed by atoms with Gasteiger partial charge in [0.05, 0.1) is 24.2 Å². The fourth-order valence-electron chi connectivity index (χ4n) is 4.81. The number of hydrogen-bond donors (Lipinski definition) is 1. The van der Waals surface area contributed by atoms with Crippen LogP contribution in [0, 0.1) is 12.8 Å². The molecule has 0 fully saturated rings. The predicted molar refractivity (Wildman–Crippen MR) is 142 cm³/mol. The van der Waals surface area contributed by atoms with Crippen molar-refractivity contribution in [3.05, 3.63) is 81.4 Å². The van der Waals surface area contributed by atoms with E-state index in [0.717, 1.165) is 33.6 Å². The molecule has 0 unspecified atom stereocenters. The molecule has 2 aromatic heterocycles. The fraction of sp³-hybridized carbons (Fsp3) is 0.429. The number of nitrogens with zero attached hydrogens (tertiary/aromatic N) is 5. The summed E-state index contributed by atoms with van der Waals surface area (Å²) in [6.45, 7) is 13.6. The first-order valence-corrected chi connectivity index (χ1v) is 12.4. The number of rotatable bonds is 8. The van der Waals surface area contributed by atoms with E-state index in [4.69, 9.17) is 4.74 Å². The van der Waals surface area contributed by atoms with Gasteiger partial charge in [-0.15, -0.1) is 5.10 Å². The highest BCUT2D eigenvalue weighted by Crippen LogP contribution is 2.33. The van der Waals surface area contributed by atoms with Gasteiger partial charge in [-0.1, -0.05) is 50.2 Å². The molecule has 0 bridgehead atoms. The van der Waals surface area contributed by atoms with E-state index < -0.39 is 0 Å². The van der Waals surface area contributed by atoms with Crippen LogP contribution in [-0.2, 0) is 18.6 Å². The lowest BCUT2D eigenvalue weighted by Gasteiger charge is -2.35. The Bertz CT molecular complexity index is 1400. The number of hydrogen-bond acceptors (Lipinski definition) is 6.